The van der Waals surface area contributed by atoms with Gasteiger partial charge in [-0.05, 0) is 25.1 Å². The van der Waals surface area contributed by atoms with Crippen LogP contribution in [0, 0.1) is 0 Å². The molecule has 2 rings (SSSR count). The smallest absolute Gasteiger partial charge is 0.329 e. The van der Waals surface area contributed by atoms with Crippen molar-refractivity contribution in [3.05, 3.63) is 28.2 Å². The van der Waals surface area contributed by atoms with Crippen LogP contribution >= 0.6 is 15.9 Å². The van der Waals surface area contributed by atoms with Crippen LogP contribution in [0.3, 0.4) is 0 Å². The molecule has 1 aliphatic rings. The molecule has 0 amide bonds. The summed E-state index contributed by atoms with van der Waals surface area (Å²) >= 11 is 3.45. The maximum atomic E-state index is 10.5. The quantitative estimate of drug-likeness (QED) is 0.857. The molecule has 0 atom stereocenters. The molecule has 0 bridgehead atoms. The fourth-order valence-corrected chi connectivity index (χ4v) is 2.86. The number of nitrogens with zero attached hydrogens (tertiary/aromatic N) is 1. The first-order chi connectivity index (χ1) is 9.42. The van der Waals surface area contributed by atoms with Crippen LogP contribution in [0.4, 0.5) is 0 Å². The highest BCUT2D eigenvalue weighted by atomic mass is 79.9. The van der Waals surface area contributed by atoms with Crippen LogP contribution in [-0.4, -0.2) is 48.4 Å². The molecule has 0 radical (unpaired) electrons. The van der Waals surface area contributed by atoms with E-state index >= 15 is 0 Å². The first-order valence-electron chi connectivity index (χ1n) is 6.32. The van der Waals surface area contributed by atoms with Gasteiger partial charge in [0.15, 0.2) is 0 Å². The number of hydrogen-bond donors (Lipinski definition) is 1. The minimum Gasteiger partial charge on any atom is -0.496 e. The Labute approximate surface area is 126 Å². The zero-order valence-electron chi connectivity index (χ0n) is 11.6. The topological polar surface area (TPSA) is 59.0 Å². The maximum Gasteiger partial charge on any atom is 0.329 e. The number of methoxy groups -OCH3 is 1. The van der Waals surface area contributed by atoms with E-state index in [0.717, 1.165) is 35.4 Å². The molecule has 0 saturated carbocycles. The minimum absolute atomic E-state index is 0.245. The lowest BCUT2D eigenvalue weighted by atomic mass is 9.95. The highest BCUT2D eigenvalue weighted by Gasteiger charge is 2.40. The van der Waals surface area contributed by atoms with E-state index in [0.29, 0.717) is 0 Å². The molecule has 1 saturated heterocycles. The van der Waals surface area contributed by atoms with E-state index in [9.17, 15) is 4.79 Å². The molecular weight excluding hydrogens is 326 g/mol. The lowest BCUT2D eigenvalue weighted by Crippen LogP contribution is -2.61. The lowest BCUT2D eigenvalue weighted by Gasteiger charge is -2.47. The average Bonchev–Trinajstić information content (AvgIpc) is 2.35. The van der Waals surface area contributed by atoms with Crippen molar-refractivity contribution in [2.24, 2.45) is 0 Å². The van der Waals surface area contributed by atoms with Gasteiger partial charge < -0.3 is 14.6 Å². The van der Waals surface area contributed by atoms with Crippen LogP contribution in [-0.2, 0) is 16.1 Å². The number of carbonyl (C=O) groups is 1. The normalized spacial score (nSPS) is 17.6. The van der Waals surface area contributed by atoms with E-state index in [-0.39, 0.29) is 12.2 Å². The maximum absolute atomic E-state index is 10.5. The molecule has 1 N–H and O–H groups in total. The molecular formula is C14H18BrNO4. The fraction of sp³-hybridized carbons (Fsp3) is 0.500. The number of benzene rings is 1. The van der Waals surface area contributed by atoms with Crippen molar-refractivity contribution in [1.82, 2.24) is 4.90 Å². The number of rotatable bonds is 6. The molecule has 0 aliphatic carbocycles. The van der Waals surface area contributed by atoms with Crippen molar-refractivity contribution in [3.63, 3.8) is 0 Å². The van der Waals surface area contributed by atoms with Crippen molar-refractivity contribution in [1.29, 1.82) is 0 Å². The molecule has 1 aromatic carbocycles. The molecule has 5 nitrogen and oxygen atoms in total. The monoisotopic (exact) mass is 343 g/mol. The Kier molecular flexibility index (Phi) is 4.67. The SMILES string of the molecule is COc1ccc(Br)cc1CN1CC(C)(OCC(=O)O)C1. The van der Waals surface area contributed by atoms with Crippen LogP contribution in [0.1, 0.15) is 12.5 Å². The third kappa shape index (κ3) is 3.71. The zero-order chi connectivity index (χ0) is 14.8. The Morgan fingerprint density at radius 3 is 2.80 bits per heavy atom. The van der Waals surface area contributed by atoms with E-state index < -0.39 is 5.97 Å². The van der Waals surface area contributed by atoms with E-state index in [1.807, 2.05) is 25.1 Å². The number of halogens is 1. The highest BCUT2D eigenvalue weighted by molar-refractivity contribution is 9.10. The van der Waals surface area contributed by atoms with Gasteiger partial charge in [-0.2, -0.15) is 0 Å². The Balaban J connectivity index is 1.91. The van der Waals surface area contributed by atoms with Crippen LogP contribution < -0.4 is 4.74 Å². The zero-order valence-corrected chi connectivity index (χ0v) is 13.1. The van der Waals surface area contributed by atoms with E-state index in [1.165, 1.54) is 0 Å². The fourth-order valence-electron chi connectivity index (χ4n) is 2.45. The second-order valence-corrected chi connectivity index (χ2v) is 6.15. The van der Waals surface area contributed by atoms with Crippen LogP contribution in [0.15, 0.2) is 22.7 Å². The molecule has 0 unspecified atom stereocenters. The number of aliphatic carboxylic acids is 1. The summed E-state index contributed by atoms with van der Waals surface area (Å²) in [6.45, 7) is 3.88. The van der Waals surface area contributed by atoms with Gasteiger partial charge in [-0.25, -0.2) is 4.79 Å². The summed E-state index contributed by atoms with van der Waals surface area (Å²) in [5, 5.41) is 8.64. The number of carboxylic acid groups (broad SMARTS) is 1. The predicted octanol–water partition coefficient (Wildman–Crippen LogP) is 2.13. The molecule has 1 heterocycles. The van der Waals surface area contributed by atoms with Crippen molar-refractivity contribution in [2.75, 3.05) is 26.8 Å². The van der Waals surface area contributed by atoms with Gasteiger partial charge in [-0.15, -0.1) is 0 Å². The summed E-state index contributed by atoms with van der Waals surface area (Å²) in [6, 6.07) is 5.91. The van der Waals surface area contributed by atoms with Gasteiger partial charge in [-0.1, -0.05) is 15.9 Å². The largest absolute Gasteiger partial charge is 0.496 e. The Hall–Kier alpha value is -1.11. The van der Waals surface area contributed by atoms with Gasteiger partial charge in [0.1, 0.15) is 12.4 Å². The summed E-state index contributed by atoms with van der Waals surface area (Å²) in [7, 11) is 1.66. The number of ether oxygens (including phenoxy) is 2. The molecule has 1 aromatic rings. The molecule has 6 heteroatoms. The molecule has 20 heavy (non-hydrogen) atoms. The Morgan fingerprint density at radius 1 is 1.50 bits per heavy atom. The van der Waals surface area contributed by atoms with Crippen LogP contribution in [0.5, 0.6) is 5.75 Å². The molecule has 110 valence electrons. The molecule has 0 aromatic heterocycles. The first kappa shape index (κ1) is 15.3. The highest BCUT2D eigenvalue weighted by Crippen LogP contribution is 2.30. The van der Waals surface area contributed by atoms with Gasteiger partial charge in [0.25, 0.3) is 0 Å². The van der Waals surface area contributed by atoms with Crippen molar-refractivity contribution < 1.29 is 19.4 Å². The van der Waals surface area contributed by atoms with Crippen LogP contribution in [0.25, 0.3) is 0 Å². The van der Waals surface area contributed by atoms with Gasteiger partial charge in [-0.3, -0.25) is 4.90 Å². The summed E-state index contributed by atoms with van der Waals surface area (Å²) < 4.78 is 11.8. The summed E-state index contributed by atoms with van der Waals surface area (Å²) in [4.78, 5) is 12.7. The lowest BCUT2D eigenvalue weighted by molar-refractivity contribution is -0.165. The summed E-state index contributed by atoms with van der Waals surface area (Å²) in [6.07, 6.45) is 0. The minimum atomic E-state index is -0.932. The third-order valence-corrected chi connectivity index (χ3v) is 3.79. The summed E-state index contributed by atoms with van der Waals surface area (Å²) in [5.74, 6) is -0.0772. The van der Waals surface area contributed by atoms with Crippen LogP contribution in [0.2, 0.25) is 0 Å². The molecule has 1 aliphatic heterocycles. The van der Waals surface area contributed by atoms with Crippen molar-refractivity contribution in [2.45, 2.75) is 19.1 Å². The second-order valence-electron chi connectivity index (χ2n) is 5.23. The Bertz CT molecular complexity index is 500. The Morgan fingerprint density at radius 2 is 2.20 bits per heavy atom. The third-order valence-electron chi connectivity index (χ3n) is 3.30. The first-order valence-corrected chi connectivity index (χ1v) is 7.12. The summed E-state index contributed by atoms with van der Waals surface area (Å²) in [5.41, 5.74) is 0.736. The number of likely N-dealkylation sites (tertiary alicyclic amines) is 1. The van der Waals surface area contributed by atoms with E-state index in [2.05, 4.69) is 20.8 Å². The second kappa shape index (κ2) is 6.11. The van der Waals surface area contributed by atoms with Gasteiger partial charge in [0.05, 0.1) is 12.7 Å². The molecule has 0 spiro atoms. The van der Waals surface area contributed by atoms with E-state index in [1.54, 1.807) is 7.11 Å². The number of carboxylic acids is 1. The molecule has 1 fully saturated rings. The average molecular weight is 344 g/mol. The van der Waals surface area contributed by atoms with Crippen molar-refractivity contribution in [3.8, 4) is 5.75 Å². The van der Waals surface area contributed by atoms with E-state index in [4.69, 9.17) is 14.6 Å². The number of hydrogen-bond acceptors (Lipinski definition) is 4. The predicted molar refractivity (Wildman–Crippen MR) is 78.0 cm³/mol. The van der Waals surface area contributed by atoms with Gasteiger partial charge >= 0.3 is 5.97 Å². The standard InChI is InChI=1S/C14H18BrNO4/c1-14(20-7-13(17)18)8-16(9-14)6-10-5-11(15)3-4-12(10)19-2/h3-5H,6-9H2,1-2H3,(H,17,18). The van der Waals surface area contributed by atoms with Gasteiger partial charge in [0.2, 0.25) is 0 Å². The van der Waals surface area contributed by atoms with Gasteiger partial charge in [0, 0.05) is 29.7 Å². The van der Waals surface area contributed by atoms with Crippen molar-refractivity contribution >= 4 is 21.9 Å².